The van der Waals surface area contributed by atoms with E-state index in [1.165, 1.54) is 23.5 Å². The van der Waals surface area contributed by atoms with Gasteiger partial charge in [0.1, 0.15) is 5.75 Å². The van der Waals surface area contributed by atoms with Crippen LogP contribution in [-0.2, 0) is 0 Å². The number of halogens is 3. The van der Waals surface area contributed by atoms with Gasteiger partial charge in [0.15, 0.2) is 0 Å². The van der Waals surface area contributed by atoms with Crippen LogP contribution in [0.15, 0.2) is 36.4 Å². The van der Waals surface area contributed by atoms with Crippen molar-refractivity contribution in [3.8, 4) is 16.2 Å². The van der Waals surface area contributed by atoms with Crippen molar-refractivity contribution < 1.29 is 18.3 Å². The molecule has 3 rings (SSSR count). The Morgan fingerprint density at radius 2 is 2.04 bits per heavy atom. The molecule has 0 spiro atoms. The number of benzene rings is 1. The van der Waals surface area contributed by atoms with Crippen LogP contribution in [0, 0.1) is 0 Å². The van der Waals surface area contributed by atoms with Gasteiger partial charge in [0, 0.05) is 17.5 Å². The number of nitrogens with one attached hydrogen (secondary N) is 2. The Hall–Kier alpha value is -1.70. The predicted octanol–water partition coefficient (Wildman–Crippen LogP) is 3.92. The van der Waals surface area contributed by atoms with Crippen LogP contribution in [0.5, 0.6) is 5.75 Å². The number of hydrogen-bond donors (Lipinski definition) is 2. The maximum atomic E-state index is 12.2. The van der Waals surface area contributed by atoms with Gasteiger partial charge in [0.2, 0.25) is 0 Å². The van der Waals surface area contributed by atoms with Crippen molar-refractivity contribution in [2.24, 2.45) is 0 Å². The zero-order chi connectivity index (χ0) is 16.9. The van der Waals surface area contributed by atoms with Crippen LogP contribution in [0.3, 0.4) is 0 Å². The van der Waals surface area contributed by atoms with Crippen LogP contribution < -0.4 is 15.4 Å². The SMILES string of the molecule is Cl.O=C(NCC1CCCN1)c1ccc(-c2ccc(OC(F)F)cc2)s1. The summed E-state index contributed by atoms with van der Waals surface area (Å²) in [4.78, 5) is 13.7. The Morgan fingerprint density at radius 3 is 2.68 bits per heavy atom. The third kappa shape index (κ3) is 5.39. The molecule has 1 aromatic heterocycles. The zero-order valence-electron chi connectivity index (χ0n) is 13.3. The van der Waals surface area contributed by atoms with E-state index in [0.717, 1.165) is 29.8 Å². The topological polar surface area (TPSA) is 50.4 Å². The number of ether oxygens (including phenoxy) is 1. The average molecular weight is 389 g/mol. The third-order valence-corrected chi connectivity index (χ3v) is 5.00. The van der Waals surface area contributed by atoms with Gasteiger partial charge >= 0.3 is 6.61 Å². The van der Waals surface area contributed by atoms with E-state index in [1.54, 1.807) is 18.2 Å². The molecular formula is C17H19ClF2N2O2S. The minimum absolute atomic E-state index is 0. The maximum absolute atomic E-state index is 12.2. The first kappa shape index (κ1) is 19.6. The molecule has 0 aliphatic carbocycles. The van der Waals surface area contributed by atoms with Crippen molar-refractivity contribution in [3.05, 3.63) is 41.3 Å². The Labute approximate surface area is 155 Å². The Kier molecular flexibility index (Phi) is 7.16. The van der Waals surface area contributed by atoms with E-state index in [-0.39, 0.29) is 24.1 Å². The molecule has 2 N–H and O–H groups in total. The van der Waals surface area contributed by atoms with Crippen molar-refractivity contribution in [3.63, 3.8) is 0 Å². The lowest BCUT2D eigenvalue weighted by molar-refractivity contribution is -0.0498. The number of thiophene rings is 1. The van der Waals surface area contributed by atoms with Crippen LogP contribution in [0.1, 0.15) is 22.5 Å². The fraction of sp³-hybridized carbons (Fsp3) is 0.353. The molecule has 1 saturated heterocycles. The van der Waals surface area contributed by atoms with Gasteiger partial charge in [-0.05, 0) is 61.3 Å². The second kappa shape index (κ2) is 9.12. The first-order chi connectivity index (χ1) is 11.6. The van der Waals surface area contributed by atoms with E-state index in [4.69, 9.17) is 0 Å². The number of rotatable bonds is 6. The molecule has 0 bridgehead atoms. The summed E-state index contributed by atoms with van der Waals surface area (Å²) < 4.78 is 28.6. The summed E-state index contributed by atoms with van der Waals surface area (Å²) in [5.41, 5.74) is 0.859. The number of carbonyl (C=O) groups excluding carboxylic acids is 1. The highest BCUT2D eigenvalue weighted by Gasteiger charge is 2.16. The number of carbonyl (C=O) groups is 1. The highest BCUT2D eigenvalue weighted by Crippen LogP contribution is 2.29. The Balaban J connectivity index is 0.00000225. The highest BCUT2D eigenvalue weighted by atomic mass is 35.5. The van der Waals surface area contributed by atoms with E-state index in [2.05, 4.69) is 15.4 Å². The van der Waals surface area contributed by atoms with Crippen LogP contribution in [0.2, 0.25) is 0 Å². The summed E-state index contributed by atoms with van der Waals surface area (Å²) in [6.45, 7) is -1.19. The quantitative estimate of drug-likeness (QED) is 0.788. The summed E-state index contributed by atoms with van der Waals surface area (Å²) in [6, 6.07) is 10.4. The largest absolute Gasteiger partial charge is 0.435 e. The fourth-order valence-electron chi connectivity index (χ4n) is 2.65. The molecule has 1 aromatic carbocycles. The molecule has 2 aromatic rings. The van der Waals surface area contributed by atoms with Gasteiger partial charge in [-0.1, -0.05) is 0 Å². The van der Waals surface area contributed by atoms with Gasteiger partial charge in [-0.15, -0.1) is 23.7 Å². The highest BCUT2D eigenvalue weighted by molar-refractivity contribution is 7.17. The molecule has 1 unspecified atom stereocenters. The third-order valence-electron chi connectivity index (χ3n) is 3.87. The lowest BCUT2D eigenvalue weighted by Crippen LogP contribution is -2.36. The van der Waals surface area contributed by atoms with Crippen LogP contribution in [0.4, 0.5) is 8.78 Å². The van der Waals surface area contributed by atoms with Gasteiger partial charge in [0.05, 0.1) is 4.88 Å². The second-order valence-electron chi connectivity index (χ2n) is 5.57. The first-order valence-electron chi connectivity index (χ1n) is 7.78. The fourth-order valence-corrected chi connectivity index (χ4v) is 3.58. The molecule has 8 heteroatoms. The van der Waals surface area contributed by atoms with Gasteiger partial charge in [-0.25, -0.2) is 0 Å². The summed E-state index contributed by atoms with van der Waals surface area (Å²) in [6.07, 6.45) is 2.23. The zero-order valence-corrected chi connectivity index (χ0v) is 15.0. The Morgan fingerprint density at radius 1 is 1.28 bits per heavy atom. The van der Waals surface area contributed by atoms with E-state index < -0.39 is 6.61 Å². The van der Waals surface area contributed by atoms with Gasteiger partial charge in [-0.3, -0.25) is 4.79 Å². The lowest BCUT2D eigenvalue weighted by Gasteiger charge is -2.10. The summed E-state index contributed by atoms with van der Waals surface area (Å²) >= 11 is 1.37. The summed E-state index contributed by atoms with van der Waals surface area (Å²) in [7, 11) is 0. The molecule has 4 nitrogen and oxygen atoms in total. The van der Waals surface area contributed by atoms with Crippen molar-refractivity contribution >= 4 is 29.7 Å². The van der Waals surface area contributed by atoms with Crippen molar-refractivity contribution in [2.45, 2.75) is 25.5 Å². The molecule has 1 atom stereocenters. The van der Waals surface area contributed by atoms with Crippen LogP contribution >= 0.6 is 23.7 Å². The minimum Gasteiger partial charge on any atom is -0.435 e. The number of alkyl halides is 2. The molecule has 1 amide bonds. The van der Waals surface area contributed by atoms with Gasteiger partial charge < -0.3 is 15.4 Å². The molecule has 2 heterocycles. The van der Waals surface area contributed by atoms with E-state index >= 15 is 0 Å². The Bertz CT molecular complexity index is 688. The van der Waals surface area contributed by atoms with Gasteiger partial charge in [0.25, 0.3) is 5.91 Å². The summed E-state index contributed by atoms with van der Waals surface area (Å²) in [5.74, 6) is 0.0324. The number of hydrogen-bond acceptors (Lipinski definition) is 4. The van der Waals surface area contributed by atoms with Crippen LogP contribution in [-0.4, -0.2) is 31.7 Å². The molecule has 136 valence electrons. The predicted molar refractivity (Wildman–Crippen MR) is 97.0 cm³/mol. The van der Waals surface area contributed by atoms with E-state index in [0.29, 0.717) is 17.5 Å². The molecule has 1 aliphatic rings. The smallest absolute Gasteiger partial charge is 0.387 e. The molecule has 0 radical (unpaired) electrons. The first-order valence-corrected chi connectivity index (χ1v) is 8.60. The molecule has 1 fully saturated rings. The standard InChI is InChI=1S/C17H18F2N2O2S.ClH/c18-17(19)23-13-5-3-11(4-6-13)14-7-8-15(24-14)16(22)21-10-12-2-1-9-20-12;/h3-8,12,17,20H,1-2,9-10H2,(H,21,22);1H. The monoisotopic (exact) mass is 388 g/mol. The molecule has 1 aliphatic heterocycles. The second-order valence-corrected chi connectivity index (χ2v) is 6.65. The average Bonchev–Trinajstić information content (AvgIpc) is 3.24. The van der Waals surface area contributed by atoms with Crippen molar-refractivity contribution in [1.29, 1.82) is 0 Å². The lowest BCUT2D eigenvalue weighted by atomic mass is 10.2. The number of amides is 1. The normalized spacial score (nSPS) is 16.5. The van der Waals surface area contributed by atoms with Gasteiger partial charge in [-0.2, -0.15) is 8.78 Å². The van der Waals surface area contributed by atoms with Crippen molar-refractivity contribution in [1.82, 2.24) is 10.6 Å². The maximum Gasteiger partial charge on any atom is 0.387 e. The molecule has 0 saturated carbocycles. The summed E-state index contributed by atoms with van der Waals surface area (Å²) in [5, 5.41) is 6.28. The van der Waals surface area contributed by atoms with Crippen molar-refractivity contribution in [2.75, 3.05) is 13.1 Å². The van der Waals surface area contributed by atoms with E-state index in [9.17, 15) is 13.6 Å². The molecular weight excluding hydrogens is 370 g/mol. The minimum atomic E-state index is -2.83. The molecule has 25 heavy (non-hydrogen) atoms. The van der Waals surface area contributed by atoms with Crippen LogP contribution in [0.25, 0.3) is 10.4 Å². The van der Waals surface area contributed by atoms with E-state index in [1.807, 2.05) is 6.07 Å².